The van der Waals surface area contributed by atoms with Gasteiger partial charge in [0, 0.05) is 58.4 Å². The van der Waals surface area contributed by atoms with Crippen LogP contribution in [0.1, 0.15) is 12.3 Å². The van der Waals surface area contributed by atoms with Crippen LogP contribution in [0.3, 0.4) is 0 Å². The second-order valence-corrected chi connectivity index (χ2v) is 13.2. The molecule has 4 aromatic heterocycles. The van der Waals surface area contributed by atoms with Crippen LogP contribution in [0.25, 0.3) is 104 Å². The van der Waals surface area contributed by atoms with Gasteiger partial charge in [0.05, 0.1) is 23.4 Å². The summed E-state index contributed by atoms with van der Waals surface area (Å²) < 4.78 is 88.9. The number of hydrogen-bond acceptors (Lipinski definition) is 5. The van der Waals surface area contributed by atoms with Gasteiger partial charge in [-0.2, -0.15) is 9.97 Å². The standard InChI is InChI=1S/C45H26N4OS/c1-2-11-27(12-3-1)30-16-10-17-36-31-13-4-7-18-37(31)49(42(30)36)45-47-43(28-21-23-33-32-14-5-8-19-38(32)50-39(33)25-28)46-44(48-45)29-22-24-35-34-15-6-9-20-40(34)51-41(35)26-29/h1-26H/i1D,2D,3D,4D,7D,11D,12D,13D,18D. The number of thiophene rings is 1. The summed E-state index contributed by atoms with van der Waals surface area (Å²) in [5, 5.41) is 4.56. The highest BCUT2D eigenvalue weighted by molar-refractivity contribution is 7.25. The third-order valence-corrected chi connectivity index (χ3v) is 10.4. The van der Waals surface area contributed by atoms with Crippen LogP contribution < -0.4 is 0 Å². The first kappa shape index (κ1) is 20.8. The van der Waals surface area contributed by atoms with Crippen molar-refractivity contribution in [2.75, 3.05) is 0 Å². The minimum atomic E-state index is -0.551. The van der Waals surface area contributed by atoms with Crippen LogP contribution in [0, 0.1) is 0 Å². The lowest BCUT2D eigenvalue weighted by Gasteiger charge is -2.13. The van der Waals surface area contributed by atoms with Crippen LogP contribution in [0.15, 0.2) is 162 Å². The zero-order valence-electron chi connectivity index (χ0n) is 35.4. The summed E-state index contributed by atoms with van der Waals surface area (Å²) in [6, 6.07) is 28.4. The third kappa shape index (κ3) is 4.37. The van der Waals surface area contributed by atoms with E-state index in [2.05, 4.69) is 12.1 Å². The Labute approximate surface area is 308 Å². The Morgan fingerprint density at radius 2 is 1.20 bits per heavy atom. The van der Waals surface area contributed by atoms with E-state index in [9.17, 15) is 1.37 Å². The van der Waals surface area contributed by atoms with E-state index in [0.717, 1.165) is 36.5 Å². The van der Waals surface area contributed by atoms with E-state index in [1.165, 1.54) is 4.57 Å². The molecular weight excluding hydrogens is 645 g/mol. The molecule has 0 saturated heterocycles. The number of nitrogens with zero attached hydrogens (tertiary/aromatic N) is 4. The smallest absolute Gasteiger partial charge is 0.238 e. The van der Waals surface area contributed by atoms with Gasteiger partial charge >= 0.3 is 0 Å². The average Bonchev–Trinajstić information content (AvgIpc) is 3.95. The maximum absolute atomic E-state index is 9.27. The van der Waals surface area contributed by atoms with Gasteiger partial charge in [-0.15, -0.1) is 11.3 Å². The molecule has 0 N–H and O–H groups in total. The van der Waals surface area contributed by atoms with E-state index in [4.69, 9.17) is 30.3 Å². The highest BCUT2D eigenvalue weighted by Crippen LogP contribution is 2.40. The molecule has 0 radical (unpaired) electrons. The summed E-state index contributed by atoms with van der Waals surface area (Å²) in [6.45, 7) is 0. The second-order valence-electron chi connectivity index (χ2n) is 12.2. The summed E-state index contributed by atoms with van der Waals surface area (Å²) in [7, 11) is 0. The summed E-state index contributed by atoms with van der Waals surface area (Å²) in [5.41, 5.74) is 2.94. The third-order valence-electron chi connectivity index (χ3n) is 9.29. The van der Waals surface area contributed by atoms with Crippen molar-refractivity contribution in [3.63, 3.8) is 0 Å². The van der Waals surface area contributed by atoms with Crippen molar-refractivity contribution in [2.45, 2.75) is 0 Å². The molecule has 0 fully saturated rings. The number of hydrogen-bond donors (Lipinski definition) is 0. The first-order chi connectivity index (χ1) is 29.0. The quantitative estimate of drug-likeness (QED) is 0.186. The highest BCUT2D eigenvalue weighted by Gasteiger charge is 2.21. The topological polar surface area (TPSA) is 56.7 Å². The van der Waals surface area contributed by atoms with Gasteiger partial charge in [-0.05, 0) is 41.9 Å². The van der Waals surface area contributed by atoms with Crippen molar-refractivity contribution in [1.82, 2.24) is 19.5 Å². The van der Waals surface area contributed by atoms with Crippen molar-refractivity contribution < 1.29 is 16.8 Å². The summed E-state index contributed by atoms with van der Waals surface area (Å²) in [6.07, 6.45) is 0. The molecule has 0 amide bonds. The molecule has 0 aliphatic rings. The normalized spacial score (nSPS) is 14.4. The summed E-state index contributed by atoms with van der Waals surface area (Å²) in [4.78, 5) is 15.1. The molecule has 4 heterocycles. The van der Waals surface area contributed by atoms with Gasteiger partial charge < -0.3 is 4.42 Å². The van der Waals surface area contributed by atoms with Crippen molar-refractivity contribution in [1.29, 1.82) is 0 Å². The molecule has 0 aliphatic heterocycles. The van der Waals surface area contributed by atoms with Gasteiger partial charge in [-0.3, -0.25) is 4.57 Å². The Morgan fingerprint density at radius 3 is 2.08 bits per heavy atom. The van der Waals surface area contributed by atoms with Crippen molar-refractivity contribution in [2.24, 2.45) is 0 Å². The maximum Gasteiger partial charge on any atom is 0.238 e. The molecule has 238 valence electrons. The first-order valence-electron chi connectivity index (χ1n) is 20.7. The lowest BCUT2D eigenvalue weighted by Crippen LogP contribution is -2.07. The largest absolute Gasteiger partial charge is 0.456 e. The van der Waals surface area contributed by atoms with Crippen LogP contribution in [0.4, 0.5) is 0 Å². The van der Waals surface area contributed by atoms with Crippen LogP contribution in [0.5, 0.6) is 0 Å². The van der Waals surface area contributed by atoms with E-state index in [1.807, 2.05) is 72.8 Å². The van der Waals surface area contributed by atoms with E-state index >= 15 is 0 Å². The number of aromatic nitrogens is 4. The minimum absolute atomic E-state index is 0.0130. The average molecular weight is 680 g/mol. The van der Waals surface area contributed by atoms with Gasteiger partial charge in [0.1, 0.15) is 11.2 Å². The zero-order chi connectivity index (χ0) is 41.3. The highest BCUT2D eigenvalue weighted by atomic mass is 32.1. The first-order valence-corrected chi connectivity index (χ1v) is 17.0. The van der Waals surface area contributed by atoms with Gasteiger partial charge in [0.25, 0.3) is 0 Å². The number of benzene rings is 7. The molecule has 0 unspecified atom stereocenters. The zero-order valence-corrected chi connectivity index (χ0v) is 27.2. The van der Waals surface area contributed by atoms with Crippen LogP contribution in [-0.4, -0.2) is 19.5 Å². The van der Waals surface area contributed by atoms with Gasteiger partial charge in [0.2, 0.25) is 5.95 Å². The van der Waals surface area contributed by atoms with E-state index in [-0.39, 0.29) is 57.2 Å². The number of para-hydroxylation sites is 3. The van der Waals surface area contributed by atoms with E-state index in [1.54, 1.807) is 29.5 Å². The van der Waals surface area contributed by atoms with E-state index in [0.29, 0.717) is 22.1 Å². The fraction of sp³-hybridized carbons (Fsp3) is 0. The SMILES string of the molecule is [2H]c1c([2H])c([2H])c(-c2cccc3c4c([2H])c([2H])c([2H])c([2H])c4n(-c4nc(-c5ccc6c(c5)oc5ccccc56)nc(-c5ccc6c(c5)sc5ccccc56)n4)c23)c([2H])c1[2H]. The van der Waals surface area contributed by atoms with Crippen LogP contribution in [0.2, 0.25) is 0 Å². The van der Waals surface area contributed by atoms with Gasteiger partial charge in [-0.1, -0.05) is 121 Å². The fourth-order valence-corrected chi connectivity index (χ4v) is 8.15. The number of fused-ring (bicyclic) bond motifs is 9. The Kier molecular flexibility index (Phi) is 4.46. The minimum Gasteiger partial charge on any atom is -0.456 e. The Morgan fingerprint density at radius 1 is 0.510 bits per heavy atom. The molecule has 0 spiro atoms. The molecule has 6 heteroatoms. The lowest BCUT2D eigenvalue weighted by molar-refractivity contribution is 0.669. The Bertz CT molecular complexity index is 3530. The predicted molar refractivity (Wildman–Crippen MR) is 211 cm³/mol. The molecular formula is C45H26N4OS. The van der Waals surface area contributed by atoms with Gasteiger partial charge in [-0.25, -0.2) is 4.98 Å². The Hall–Kier alpha value is -6.63. The molecule has 0 atom stereocenters. The second kappa shape index (κ2) is 10.9. The molecule has 0 aliphatic carbocycles. The van der Waals surface area contributed by atoms with Crippen molar-refractivity contribution >= 4 is 75.3 Å². The summed E-state index contributed by atoms with van der Waals surface area (Å²) >= 11 is 1.64. The maximum atomic E-state index is 9.27. The molecule has 7 aromatic carbocycles. The molecule has 11 rings (SSSR count). The van der Waals surface area contributed by atoms with Crippen molar-refractivity contribution in [3.8, 4) is 39.9 Å². The predicted octanol–water partition coefficient (Wildman–Crippen LogP) is 12.2. The number of rotatable bonds is 4. The van der Waals surface area contributed by atoms with Crippen LogP contribution >= 0.6 is 11.3 Å². The molecule has 0 bridgehead atoms. The molecule has 11 aromatic rings. The molecule has 51 heavy (non-hydrogen) atoms. The van der Waals surface area contributed by atoms with Crippen molar-refractivity contribution in [3.05, 3.63) is 158 Å². The molecule has 5 nitrogen and oxygen atoms in total. The van der Waals surface area contributed by atoms with Crippen LogP contribution in [-0.2, 0) is 0 Å². The molecule has 0 saturated carbocycles. The monoisotopic (exact) mass is 679 g/mol. The summed E-state index contributed by atoms with van der Waals surface area (Å²) in [5.74, 6) is 0.501. The van der Waals surface area contributed by atoms with Gasteiger partial charge in [0.15, 0.2) is 11.6 Å². The number of furan rings is 1. The Balaban J connectivity index is 1.27. The fourth-order valence-electron chi connectivity index (χ4n) is 7.01. The lowest BCUT2D eigenvalue weighted by atomic mass is 10.0. The van der Waals surface area contributed by atoms with E-state index < -0.39 is 42.3 Å².